The van der Waals surface area contributed by atoms with Gasteiger partial charge in [0.1, 0.15) is 12.1 Å². The van der Waals surface area contributed by atoms with E-state index in [-0.39, 0.29) is 28.5 Å². The highest BCUT2D eigenvalue weighted by molar-refractivity contribution is 7.91. The first-order valence-corrected chi connectivity index (χ1v) is 16.1. The van der Waals surface area contributed by atoms with Crippen molar-refractivity contribution >= 4 is 37.9 Å². The van der Waals surface area contributed by atoms with Crippen LogP contribution in [0.15, 0.2) is 24.3 Å². The summed E-state index contributed by atoms with van der Waals surface area (Å²) >= 11 is 1.18. The molecule has 5 rings (SSSR count). The predicted molar refractivity (Wildman–Crippen MR) is 148 cm³/mol. The van der Waals surface area contributed by atoms with E-state index < -0.39 is 34.0 Å². The summed E-state index contributed by atoms with van der Waals surface area (Å²) in [5.74, 6) is -0.699. The quantitative estimate of drug-likeness (QED) is 0.503. The molecule has 3 fully saturated rings. The summed E-state index contributed by atoms with van der Waals surface area (Å²) in [4.78, 5) is 21.9. The van der Waals surface area contributed by atoms with Crippen LogP contribution in [0.2, 0.25) is 0 Å². The van der Waals surface area contributed by atoms with Gasteiger partial charge in [-0.05, 0) is 43.4 Å². The van der Waals surface area contributed by atoms with Gasteiger partial charge in [-0.3, -0.25) is 4.79 Å². The van der Waals surface area contributed by atoms with Crippen LogP contribution < -0.4 is 15.1 Å². The number of nitrogens with one attached hydrogen (secondary N) is 1. The van der Waals surface area contributed by atoms with Crippen molar-refractivity contribution in [1.29, 1.82) is 5.26 Å². The number of nitriles is 1. The van der Waals surface area contributed by atoms with Gasteiger partial charge < -0.3 is 15.1 Å². The summed E-state index contributed by atoms with van der Waals surface area (Å²) in [5, 5.41) is 12.6. The van der Waals surface area contributed by atoms with Crippen LogP contribution in [0.25, 0.3) is 10.4 Å². The normalized spacial score (nSPS) is 23.7. The van der Waals surface area contributed by atoms with Crippen molar-refractivity contribution in [3.63, 3.8) is 0 Å². The lowest BCUT2D eigenvalue weighted by Gasteiger charge is -2.31. The number of carbonyl (C=O) groups is 1. The first-order valence-electron chi connectivity index (χ1n) is 13.5. The Hall–Kier alpha value is -2.85. The van der Waals surface area contributed by atoms with Gasteiger partial charge in [0.05, 0.1) is 28.1 Å². The third kappa shape index (κ3) is 6.38. The highest BCUT2D eigenvalue weighted by atomic mass is 32.2. The molecule has 216 valence electrons. The Labute approximate surface area is 236 Å². The van der Waals surface area contributed by atoms with Crippen LogP contribution in [0.1, 0.15) is 50.1 Å². The number of alkyl halides is 3. The van der Waals surface area contributed by atoms with E-state index in [1.54, 1.807) is 0 Å². The fourth-order valence-corrected chi connectivity index (χ4v) is 7.87. The van der Waals surface area contributed by atoms with Crippen LogP contribution >= 0.6 is 11.3 Å². The summed E-state index contributed by atoms with van der Waals surface area (Å²) in [6.45, 7) is -0.332. The Morgan fingerprint density at radius 2 is 1.85 bits per heavy atom. The maximum atomic E-state index is 13.3. The Morgan fingerprint density at radius 1 is 1.20 bits per heavy atom. The van der Waals surface area contributed by atoms with Crippen LogP contribution in [0.4, 0.5) is 24.0 Å². The minimum absolute atomic E-state index is 0.0981. The van der Waals surface area contributed by atoms with Crippen molar-refractivity contribution in [1.82, 2.24) is 10.3 Å². The zero-order valence-electron chi connectivity index (χ0n) is 22.2. The monoisotopic (exact) mass is 595 g/mol. The van der Waals surface area contributed by atoms with Crippen molar-refractivity contribution in [2.45, 2.75) is 56.2 Å². The molecule has 2 unspecified atom stereocenters. The minimum Gasteiger partial charge on any atom is -0.369 e. The highest BCUT2D eigenvalue weighted by Gasteiger charge is 2.47. The van der Waals surface area contributed by atoms with Crippen molar-refractivity contribution in [2.75, 3.05) is 48.0 Å². The first kappa shape index (κ1) is 28.7. The Bertz CT molecular complexity index is 1380. The van der Waals surface area contributed by atoms with Gasteiger partial charge in [0.2, 0.25) is 5.91 Å². The topological polar surface area (TPSA) is 106 Å². The molecule has 2 atom stereocenters. The highest BCUT2D eigenvalue weighted by Crippen LogP contribution is 2.46. The molecule has 2 aromatic rings. The number of rotatable bonds is 7. The molecule has 2 heterocycles. The average Bonchev–Trinajstić information content (AvgIpc) is 3.54. The van der Waals surface area contributed by atoms with Crippen LogP contribution in [-0.2, 0) is 14.6 Å². The molecule has 13 heteroatoms. The lowest BCUT2D eigenvalue weighted by Crippen LogP contribution is -2.42. The second-order valence-electron chi connectivity index (χ2n) is 11.0. The molecule has 1 N–H and O–H groups in total. The number of benzene rings is 1. The molecular weight excluding hydrogens is 563 g/mol. The summed E-state index contributed by atoms with van der Waals surface area (Å²) in [7, 11) is -1.65. The Balaban J connectivity index is 1.47. The molecule has 8 nitrogen and oxygen atoms in total. The van der Waals surface area contributed by atoms with Crippen LogP contribution in [0, 0.1) is 17.2 Å². The summed E-state index contributed by atoms with van der Waals surface area (Å²) in [5.41, 5.74) is 1.48. The van der Waals surface area contributed by atoms with E-state index in [9.17, 15) is 31.6 Å². The second kappa shape index (κ2) is 10.9. The zero-order chi connectivity index (χ0) is 28.7. The van der Waals surface area contributed by atoms with E-state index in [1.165, 1.54) is 18.4 Å². The average molecular weight is 596 g/mol. The summed E-state index contributed by atoms with van der Waals surface area (Å²) < 4.78 is 63.3. The van der Waals surface area contributed by atoms with E-state index >= 15 is 0 Å². The molecule has 1 aliphatic heterocycles. The molecule has 3 aliphatic rings. The number of aromatic nitrogens is 1. The fraction of sp³-hybridized carbons (Fsp3) is 0.593. The van der Waals surface area contributed by atoms with E-state index in [4.69, 9.17) is 4.98 Å². The number of hydrogen-bond donors (Lipinski definition) is 1. The van der Waals surface area contributed by atoms with Crippen LogP contribution in [0.5, 0.6) is 0 Å². The summed E-state index contributed by atoms with van der Waals surface area (Å²) in [6.07, 6.45) is -0.120. The Kier molecular flexibility index (Phi) is 7.78. The SMILES string of the molecule is CN(CC(F)(F)F)c1nc(C2CCCCC2C(=O)NC2(C#N)CC2)c(-c2ccc(N3CCS(=O)(=O)CC3)cc2)s1. The smallest absolute Gasteiger partial charge is 0.369 e. The van der Waals surface area contributed by atoms with Crippen molar-refractivity contribution in [3.8, 4) is 16.5 Å². The second-order valence-corrected chi connectivity index (χ2v) is 14.3. The number of hydrogen-bond acceptors (Lipinski definition) is 8. The lowest BCUT2D eigenvalue weighted by molar-refractivity contribution is -0.127. The van der Waals surface area contributed by atoms with E-state index in [1.807, 2.05) is 29.2 Å². The van der Waals surface area contributed by atoms with Gasteiger partial charge in [-0.1, -0.05) is 36.3 Å². The van der Waals surface area contributed by atoms with Crippen molar-refractivity contribution < 1.29 is 26.4 Å². The standard InChI is InChI=1S/C27H32F3N5O3S2/c1-34(17-27(28,29)30)25-32-22(20-4-2-3-5-21(20)24(36)33-26(16-31)10-11-26)23(39-25)18-6-8-19(9-7-18)35-12-14-40(37,38)15-13-35/h6-9,20-21H,2-5,10-15,17H2,1H3,(H,33,36). The maximum Gasteiger partial charge on any atom is 0.405 e. The molecule has 40 heavy (non-hydrogen) atoms. The molecule has 2 saturated carbocycles. The molecule has 1 amide bonds. The molecule has 1 aromatic carbocycles. The third-order valence-corrected chi connectivity index (χ3v) is 10.8. The van der Waals surface area contributed by atoms with Gasteiger partial charge in [0, 0.05) is 37.7 Å². The van der Waals surface area contributed by atoms with Gasteiger partial charge in [-0.25, -0.2) is 13.4 Å². The Morgan fingerprint density at radius 3 is 2.45 bits per heavy atom. The molecule has 2 aliphatic carbocycles. The number of thiazole rings is 1. The van der Waals surface area contributed by atoms with Crippen LogP contribution in [-0.4, -0.2) is 69.2 Å². The number of halogens is 3. The number of carbonyl (C=O) groups excluding carboxylic acids is 1. The van der Waals surface area contributed by atoms with Gasteiger partial charge in [0.15, 0.2) is 15.0 Å². The predicted octanol–water partition coefficient (Wildman–Crippen LogP) is 4.49. The maximum absolute atomic E-state index is 13.3. The minimum atomic E-state index is -4.40. The number of sulfone groups is 1. The van der Waals surface area contributed by atoms with Gasteiger partial charge in [-0.2, -0.15) is 18.4 Å². The van der Waals surface area contributed by atoms with Gasteiger partial charge >= 0.3 is 6.18 Å². The van der Waals surface area contributed by atoms with Gasteiger partial charge in [0.25, 0.3) is 0 Å². The van der Waals surface area contributed by atoms with E-state index in [2.05, 4.69) is 11.4 Å². The van der Waals surface area contributed by atoms with Gasteiger partial charge in [-0.15, -0.1) is 0 Å². The third-order valence-electron chi connectivity index (χ3n) is 8.00. The molecule has 0 bridgehead atoms. The molecule has 1 saturated heterocycles. The van der Waals surface area contributed by atoms with Crippen molar-refractivity contribution in [3.05, 3.63) is 30.0 Å². The molecule has 1 aromatic heterocycles. The zero-order valence-corrected chi connectivity index (χ0v) is 23.8. The summed E-state index contributed by atoms with van der Waals surface area (Å²) in [6, 6.07) is 9.75. The van der Waals surface area contributed by atoms with Crippen molar-refractivity contribution in [2.24, 2.45) is 5.92 Å². The lowest BCUT2D eigenvalue weighted by atomic mass is 9.76. The number of amides is 1. The molecule has 0 spiro atoms. The van der Waals surface area contributed by atoms with Crippen LogP contribution in [0.3, 0.4) is 0 Å². The first-order chi connectivity index (χ1) is 18.9. The molecular formula is C27H32F3N5O3S2. The van der Waals surface area contributed by atoms with E-state index in [0.29, 0.717) is 44.5 Å². The number of nitrogens with zero attached hydrogens (tertiary/aromatic N) is 4. The van der Waals surface area contributed by atoms with E-state index in [0.717, 1.165) is 33.9 Å². The molecule has 0 radical (unpaired) electrons. The number of anilines is 2. The largest absolute Gasteiger partial charge is 0.405 e. The fourth-order valence-electron chi connectivity index (χ4n) is 5.56.